The smallest absolute Gasteiger partial charge is 0.224 e. The molecule has 1 unspecified atom stereocenters. The summed E-state index contributed by atoms with van der Waals surface area (Å²) in [5, 5.41) is 2.95. The molecule has 0 aliphatic carbocycles. The quantitative estimate of drug-likeness (QED) is 0.759. The first-order valence-corrected chi connectivity index (χ1v) is 6.20. The maximum atomic E-state index is 11.9. The molecule has 18 heavy (non-hydrogen) atoms. The van der Waals surface area contributed by atoms with Crippen molar-refractivity contribution < 1.29 is 9.53 Å². The van der Waals surface area contributed by atoms with E-state index in [1.807, 2.05) is 31.2 Å². The number of carbonyl (C=O) groups is 1. The number of carbonyl (C=O) groups excluding carboxylic acids is 1. The van der Waals surface area contributed by atoms with E-state index in [9.17, 15) is 4.79 Å². The first kappa shape index (κ1) is 14.7. The van der Waals surface area contributed by atoms with Gasteiger partial charge in [0.1, 0.15) is 0 Å². The molecule has 1 rings (SSSR count). The molecule has 0 aromatic heterocycles. The lowest BCUT2D eigenvalue weighted by Gasteiger charge is -2.17. The number of rotatable bonds is 7. The van der Waals surface area contributed by atoms with E-state index in [1.165, 1.54) is 0 Å². The van der Waals surface area contributed by atoms with Gasteiger partial charge in [-0.15, -0.1) is 0 Å². The van der Waals surface area contributed by atoms with Crippen LogP contribution in [0, 0.1) is 6.92 Å². The topological polar surface area (TPSA) is 64.3 Å². The number of nitrogens with one attached hydrogen (secondary N) is 1. The number of ether oxygens (including phenoxy) is 1. The van der Waals surface area contributed by atoms with E-state index in [1.54, 1.807) is 7.11 Å². The second kappa shape index (κ2) is 7.84. The van der Waals surface area contributed by atoms with Gasteiger partial charge in [0.25, 0.3) is 0 Å². The fourth-order valence-corrected chi connectivity index (χ4v) is 1.86. The second-order valence-electron chi connectivity index (χ2n) is 4.40. The lowest BCUT2D eigenvalue weighted by atomic mass is 10.1. The van der Waals surface area contributed by atoms with Gasteiger partial charge in [-0.3, -0.25) is 4.79 Å². The number of amides is 1. The predicted molar refractivity (Wildman–Crippen MR) is 72.4 cm³/mol. The highest BCUT2D eigenvalue weighted by molar-refractivity contribution is 5.79. The first-order valence-electron chi connectivity index (χ1n) is 6.20. The molecule has 1 aromatic rings. The van der Waals surface area contributed by atoms with Gasteiger partial charge in [-0.25, -0.2) is 0 Å². The van der Waals surface area contributed by atoms with Crippen molar-refractivity contribution >= 4 is 5.91 Å². The molecular weight excluding hydrogens is 228 g/mol. The predicted octanol–water partition coefficient (Wildman–Crippen LogP) is 1.02. The summed E-state index contributed by atoms with van der Waals surface area (Å²) in [4.78, 5) is 11.9. The first-order chi connectivity index (χ1) is 8.67. The van der Waals surface area contributed by atoms with Crippen LogP contribution in [0.25, 0.3) is 0 Å². The average Bonchev–Trinajstić information content (AvgIpc) is 2.33. The van der Waals surface area contributed by atoms with Crippen molar-refractivity contribution in [3.63, 3.8) is 0 Å². The Kier molecular flexibility index (Phi) is 6.39. The summed E-state index contributed by atoms with van der Waals surface area (Å²) in [6.07, 6.45) is 1.13. The summed E-state index contributed by atoms with van der Waals surface area (Å²) in [7, 11) is 1.62. The van der Waals surface area contributed by atoms with E-state index in [-0.39, 0.29) is 11.9 Å². The van der Waals surface area contributed by atoms with Crippen molar-refractivity contribution in [1.29, 1.82) is 0 Å². The minimum absolute atomic E-state index is 0.00322. The normalized spacial score (nSPS) is 12.2. The highest BCUT2D eigenvalue weighted by atomic mass is 16.5. The van der Waals surface area contributed by atoms with E-state index in [0.717, 1.165) is 17.5 Å². The molecule has 1 atom stereocenters. The summed E-state index contributed by atoms with van der Waals surface area (Å²) < 4.78 is 5.06. The van der Waals surface area contributed by atoms with Crippen molar-refractivity contribution in [1.82, 2.24) is 5.32 Å². The van der Waals surface area contributed by atoms with Gasteiger partial charge in [0.2, 0.25) is 5.91 Å². The van der Waals surface area contributed by atoms with Crippen LogP contribution in [0.2, 0.25) is 0 Å². The molecule has 0 aliphatic rings. The lowest BCUT2D eigenvalue weighted by Crippen LogP contribution is -2.40. The molecule has 0 fully saturated rings. The fourth-order valence-electron chi connectivity index (χ4n) is 1.86. The van der Waals surface area contributed by atoms with Gasteiger partial charge in [0, 0.05) is 7.11 Å². The lowest BCUT2D eigenvalue weighted by molar-refractivity contribution is -0.121. The third-order valence-electron chi connectivity index (χ3n) is 2.86. The monoisotopic (exact) mass is 250 g/mol. The molecule has 0 spiro atoms. The highest BCUT2D eigenvalue weighted by Crippen LogP contribution is 2.07. The molecule has 0 radical (unpaired) electrons. The molecule has 0 saturated heterocycles. The SMILES string of the molecule is COCC(CCN)NC(=O)Cc1ccccc1C. The Morgan fingerprint density at radius 1 is 1.44 bits per heavy atom. The Hall–Kier alpha value is -1.39. The summed E-state index contributed by atoms with van der Waals surface area (Å²) in [5.74, 6) is 0.0137. The molecule has 0 heterocycles. The van der Waals surface area contributed by atoms with Crippen LogP contribution >= 0.6 is 0 Å². The average molecular weight is 250 g/mol. The summed E-state index contributed by atoms with van der Waals surface area (Å²) in [6, 6.07) is 7.90. The van der Waals surface area contributed by atoms with E-state index in [2.05, 4.69) is 5.32 Å². The zero-order valence-corrected chi connectivity index (χ0v) is 11.1. The molecule has 0 aliphatic heterocycles. The van der Waals surface area contributed by atoms with E-state index < -0.39 is 0 Å². The Morgan fingerprint density at radius 2 is 2.17 bits per heavy atom. The van der Waals surface area contributed by atoms with Crippen molar-refractivity contribution in [3.05, 3.63) is 35.4 Å². The number of methoxy groups -OCH3 is 1. The van der Waals surface area contributed by atoms with E-state index in [4.69, 9.17) is 10.5 Å². The fraction of sp³-hybridized carbons (Fsp3) is 0.500. The van der Waals surface area contributed by atoms with Crippen LogP contribution in [0.15, 0.2) is 24.3 Å². The number of aryl methyl sites for hydroxylation is 1. The molecule has 4 heteroatoms. The van der Waals surface area contributed by atoms with Crippen LogP contribution < -0.4 is 11.1 Å². The van der Waals surface area contributed by atoms with Crippen LogP contribution in [0.1, 0.15) is 17.5 Å². The van der Waals surface area contributed by atoms with Crippen molar-refractivity contribution in [3.8, 4) is 0 Å². The van der Waals surface area contributed by atoms with Gasteiger partial charge in [0.05, 0.1) is 19.1 Å². The maximum absolute atomic E-state index is 11.9. The van der Waals surface area contributed by atoms with Gasteiger partial charge < -0.3 is 15.8 Å². The summed E-state index contributed by atoms with van der Waals surface area (Å²) >= 11 is 0. The van der Waals surface area contributed by atoms with Gasteiger partial charge >= 0.3 is 0 Å². The van der Waals surface area contributed by atoms with Gasteiger partial charge in [0.15, 0.2) is 0 Å². The van der Waals surface area contributed by atoms with Crippen LogP contribution in [-0.2, 0) is 16.0 Å². The van der Waals surface area contributed by atoms with Crippen molar-refractivity contribution in [2.24, 2.45) is 5.73 Å². The molecule has 3 N–H and O–H groups in total. The zero-order valence-electron chi connectivity index (χ0n) is 11.1. The maximum Gasteiger partial charge on any atom is 0.224 e. The molecular formula is C14H22N2O2. The van der Waals surface area contributed by atoms with Crippen LogP contribution in [0.3, 0.4) is 0 Å². The minimum Gasteiger partial charge on any atom is -0.383 e. The summed E-state index contributed by atoms with van der Waals surface area (Å²) in [5.41, 5.74) is 7.69. The zero-order chi connectivity index (χ0) is 13.4. The van der Waals surface area contributed by atoms with Crippen LogP contribution in [-0.4, -0.2) is 32.2 Å². The minimum atomic E-state index is -0.00322. The summed E-state index contributed by atoms with van der Waals surface area (Å²) in [6.45, 7) is 3.05. The van der Waals surface area contributed by atoms with E-state index in [0.29, 0.717) is 19.6 Å². The second-order valence-corrected chi connectivity index (χ2v) is 4.40. The standard InChI is InChI=1S/C14H22N2O2/c1-11-5-3-4-6-12(11)9-14(17)16-13(7-8-15)10-18-2/h3-6,13H,7-10,15H2,1-2H3,(H,16,17). The Bertz CT molecular complexity index is 374. The van der Waals surface area contributed by atoms with E-state index >= 15 is 0 Å². The molecule has 1 amide bonds. The number of hydrogen-bond donors (Lipinski definition) is 2. The molecule has 0 bridgehead atoms. The highest BCUT2D eigenvalue weighted by Gasteiger charge is 2.12. The Morgan fingerprint density at radius 3 is 2.78 bits per heavy atom. The molecule has 4 nitrogen and oxygen atoms in total. The van der Waals surface area contributed by atoms with Crippen molar-refractivity contribution in [2.75, 3.05) is 20.3 Å². The van der Waals surface area contributed by atoms with Gasteiger partial charge in [-0.2, -0.15) is 0 Å². The third-order valence-corrected chi connectivity index (χ3v) is 2.86. The number of hydrogen-bond acceptors (Lipinski definition) is 3. The van der Waals surface area contributed by atoms with Gasteiger partial charge in [-0.1, -0.05) is 24.3 Å². The third kappa shape index (κ3) is 4.85. The number of benzene rings is 1. The molecule has 1 aromatic carbocycles. The van der Waals surface area contributed by atoms with Crippen LogP contribution in [0.4, 0.5) is 0 Å². The molecule has 0 saturated carbocycles. The molecule has 100 valence electrons. The van der Waals surface area contributed by atoms with Gasteiger partial charge in [-0.05, 0) is 31.0 Å². The number of nitrogens with two attached hydrogens (primary N) is 1. The van der Waals surface area contributed by atoms with Crippen LogP contribution in [0.5, 0.6) is 0 Å². The Balaban J connectivity index is 2.52. The largest absolute Gasteiger partial charge is 0.383 e. The Labute approximate surface area is 109 Å². The van der Waals surface area contributed by atoms with Crippen molar-refractivity contribution in [2.45, 2.75) is 25.8 Å².